The first-order valence-electron chi connectivity index (χ1n) is 6.69. The second-order valence-electron chi connectivity index (χ2n) is 5.73. The zero-order valence-electron chi connectivity index (χ0n) is 12.3. The van der Waals surface area contributed by atoms with Crippen LogP contribution in [0.5, 0.6) is 0 Å². The second-order valence-corrected chi connectivity index (χ2v) is 5.73. The van der Waals surface area contributed by atoms with Crippen LogP contribution in [-0.2, 0) is 6.54 Å². The first-order chi connectivity index (χ1) is 9.44. The topological polar surface area (TPSA) is 75.9 Å². The fourth-order valence-electron chi connectivity index (χ4n) is 1.62. The molecule has 108 valence electrons. The lowest BCUT2D eigenvalue weighted by Crippen LogP contribution is -2.35. The van der Waals surface area contributed by atoms with Gasteiger partial charge in [-0.1, -0.05) is 11.2 Å². The van der Waals surface area contributed by atoms with Gasteiger partial charge in [0.15, 0.2) is 0 Å². The maximum Gasteiger partial charge on any atom is 0.316 e. The second kappa shape index (κ2) is 6.00. The molecule has 2 N–H and O–H groups in total. The van der Waals surface area contributed by atoms with Crippen molar-refractivity contribution >= 4 is 6.01 Å². The minimum Gasteiger partial charge on any atom is -0.407 e. The Balaban J connectivity index is 1.93. The summed E-state index contributed by atoms with van der Waals surface area (Å²) < 4.78 is 5.55. The lowest BCUT2D eigenvalue weighted by Gasteiger charge is -2.18. The molecule has 0 saturated carbocycles. The first kappa shape index (κ1) is 14.5. The molecule has 0 amide bonds. The fraction of sp³-hybridized carbons (Fsp3) is 0.500. The third kappa shape index (κ3) is 4.31. The molecule has 2 rings (SSSR count). The summed E-state index contributed by atoms with van der Waals surface area (Å²) in [6.45, 7) is 8.82. The number of aromatic nitrogens is 3. The van der Waals surface area contributed by atoms with Gasteiger partial charge in [-0.15, -0.1) is 5.10 Å². The van der Waals surface area contributed by atoms with Crippen molar-refractivity contribution in [2.45, 2.75) is 45.8 Å². The Morgan fingerprint density at radius 2 is 2.05 bits per heavy atom. The van der Waals surface area contributed by atoms with Crippen molar-refractivity contribution < 1.29 is 4.42 Å². The van der Waals surface area contributed by atoms with Crippen LogP contribution in [0.4, 0.5) is 6.01 Å². The largest absolute Gasteiger partial charge is 0.407 e. The summed E-state index contributed by atoms with van der Waals surface area (Å²) in [6.07, 6.45) is 1.76. The van der Waals surface area contributed by atoms with Crippen molar-refractivity contribution in [1.29, 1.82) is 0 Å². The molecule has 2 aromatic rings. The number of pyridine rings is 1. The maximum absolute atomic E-state index is 5.55. The maximum atomic E-state index is 5.55. The Bertz CT molecular complexity index is 532. The van der Waals surface area contributed by atoms with Crippen LogP contribution in [-0.4, -0.2) is 20.7 Å². The number of hydrogen-bond donors (Lipinski definition) is 2. The first-order valence-corrected chi connectivity index (χ1v) is 6.69. The molecule has 6 heteroatoms. The Morgan fingerprint density at radius 1 is 1.25 bits per heavy atom. The number of anilines is 1. The van der Waals surface area contributed by atoms with Gasteiger partial charge in [0, 0.05) is 11.7 Å². The van der Waals surface area contributed by atoms with Gasteiger partial charge in [0.2, 0.25) is 5.89 Å². The van der Waals surface area contributed by atoms with Crippen LogP contribution in [0.3, 0.4) is 0 Å². The smallest absolute Gasteiger partial charge is 0.316 e. The zero-order chi connectivity index (χ0) is 14.6. The average molecular weight is 275 g/mol. The van der Waals surface area contributed by atoms with Gasteiger partial charge in [-0.05, 0) is 39.8 Å². The molecule has 0 aliphatic rings. The highest BCUT2D eigenvalue weighted by Crippen LogP contribution is 2.16. The van der Waals surface area contributed by atoms with Crippen LogP contribution in [0.15, 0.2) is 28.8 Å². The molecule has 20 heavy (non-hydrogen) atoms. The third-order valence-corrected chi connectivity index (χ3v) is 2.71. The highest BCUT2D eigenvalue weighted by Gasteiger charge is 2.14. The van der Waals surface area contributed by atoms with E-state index in [-0.39, 0.29) is 11.6 Å². The van der Waals surface area contributed by atoms with Gasteiger partial charge in [0.1, 0.15) is 0 Å². The molecule has 0 saturated heterocycles. The fourth-order valence-corrected chi connectivity index (χ4v) is 1.62. The average Bonchev–Trinajstić information content (AvgIpc) is 2.84. The SMILES string of the molecule is CC(Nc1nnc(CNC(C)(C)C)o1)c1ccccn1. The van der Waals surface area contributed by atoms with Crippen LogP contribution >= 0.6 is 0 Å². The number of rotatable bonds is 5. The van der Waals surface area contributed by atoms with Crippen LogP contribution in [0, 0.1) is 0 Å². The van der Waals surface area contributed by atoms with Crippen molar-refractivity contribution in [1.82, 2.24) is 20.5 Å². The molecule has 0 bridgehead atoms. The van der Waals surface area contributed by atoms with E-state index >= 15 is 0 Å². The van der Waals surface area contributed by atoms with Crippen molar-refractivity contribution in [2.75, 3.05) is 5.32 Å². The predicted molar refractivity (Wildman–Crippen MR) is 77.2 cm³/mol. The van der Waals surface area contributed by atoms with Gasteiger partial charge in [-0.25, -0.2) is 0 Å². The molecular formula is C14H21N5O. The molecule has 6 nitrogen and oxygen atoms in total. The van der Waals surface area contributed by atoms with Gasteiger partial charge in [-0.3, -0.25) is 4.98 Å². The van der Waals surface area contributed by atoms with Gasteiger partial charge < -0.3 is 15.1 Å². The Kier molecular flexibility index (Phi) is 4.34. The highest BCUT2D eigenvalue weighted by atomic mass is 16.4. The number of nitrogens with zero attached hydrogens (tertiary/aromatic N) is 3. The lowest BCUT2D eigenvalue weighted by atomic mass is 10.1. The Morgan fingerprint density at radius 3 is 2.70 bits per heavy atom. The van der Waals surface area contributed by atoms with E-state index in [1.165, 1.54) is 0 Å². The van der Waals surface area contributed by atoms with E-state index in [9.17, 15) is 0 Å². The van der Waals surface area contributed by atoms with Gasteiger partial charge in [0.05, 0.1) is 18.3 Å². The summed E-state index contributed by atoms with van der Waals surface area (Å²) in [6, 6.07) is 6.22. The monoisotopic (exact) mass is 275 g/mol. The molecule has 0 aromatic carbocycles. The van der Waals surface area contributed by atoms with E-state index in [2.05, 4.69) is 46.6 Å². The lowest BCUT2D eigenvalue weighted by molar-refractivity contribution is 0.383. The van der Waals surface area contributed by atoms with E-state index < -0.39 is 0 Å². The Hall–Kier alpha value is -1.95. The van der Waals surface area contributed by atoms with Gasteiger partial charge in [0.25, 0.3) is 0 Å². The molecule has 0 spiro atoms. The van der Waals surface area contributed by atoms with Crippen LogP contribution < -0.4 is 10.6 Å². The molecule has 2 aromatic heterocycles. The van der Waals surface area contributed by atoms with Crippen LogP contribution in [0.1, 0.15) is 45.3 Å². The van der Waals surface area contributed by atoms with E-state index in [0.29, 0.717) is 18.5 Å². The summed E-state index contributed by atoms with van der Waals surface area (Å²) >= 11 is 0. The molecule has 1 atom stereocenters. The molecule has 0 aliphatic carbocycles. The summed E-state index contributed by atoms with van der Waals surface area (Å²) in [7, 11) is 0. The van der Waals surface area contributed by atoms with E-state index in [1.54, 1.807) is 6.20 Å². The molecule has 0 fully saturated rings. The van der Waals surface area contributed by atoms with Gasteiger partial charge in [-0.2, -0.15) is 0 Å². The summed E-state index contributed by atoms with van der Waals surface area (Å²) in [5.41, 5.74) is 0.948. The van der Waals surface area contributed by atoms with Crippen molar-refractivity contribution in [3.8, 4) is 0 Å². The van der Waals surface area contributed by atoms with Crippen molar-refractivity contribution in [3.63, 3.8) is 0 Å². The molecule has 0 aliphatic heterocycles. The molecule has 0 radical (unpaired) electrons. The minimum absolute atomic E-state index is 0.0140. The summed E-state index contributed by atoms with van der Waals surface area (Å²) in [5, 5.41) is 14.4. The molecule has 1 unspecified atom stereocenters. The highest BCUT2D eigenvalue weighted by molar-refractivity contribution is 5.24. The zero-order valence-corrected chi connectivity index (χ0v) is 12.3. The van der Waals surface area contributed by atoms with E-state index in [1.807, 2.05) is 25.1 Å². The number of nitrogens with one attached hydrogen (secondary N) is 2. The van der Waals surface area contributed by atoms with Crippen LogP contribution in [0.25, 0.3) is 0 Å². The quantitative estimate of drug-likeness (QED) is 0.873. The molecule has 2 heterocycles. The van der Waals surface area contributed by atoms with Crippen LogP contribution in [0.2, 0.25) is 0 Å². The van der Waals surface area contributed by atoms with E-state index in [0.717, 1.165) is 5.69 Å². The van der Waals surface area contributed by atoms with Crippen molar-refractivity contribution in [3.05, 3.63) is 36.0 Å². The third-order valence-electron chi connectivity index (χ3n) is 2.71. The Labute approximate surface area is 119 Å². The summed E-state index contributed by atoms with van der Waals surface area (Å²) in [4.78, 5) is 4.29. The predicted octanol–water partition coefficient (Wildman–Crippen LogP) is 2.53. The van der Waals surface area contributed by atoms with Gasteiger partial charge >= 0.3 is 6.01 Å². The molecular weight excluding hydrogens is 254 g/mol. The number of hydrogen-bond acceptors (Lipinski definition) is 6. The normalized spacial score (nSPS) is 13.2. The minimum atomic E-state index is 0.0140. The standard InChI is InChI=1S/C14H21N5O/c1-10(11-7-5-6-8-15-11)17-13-19-18-12(20-13)9-16-14(2,3)4/h5-8,10,16H,9H2,1-4H3,(H,17,19). The summed E-state index contributed by atoms with van der Waals surface area (Å²) in [5.74, 6) is 0.565. The van der Waals surface area contributed by atoms with Crippen molar-refractivity contribution in [2.24, 2.45) is 0 Å². The van der Waals surface area contributed by atoms with E-state index in [4.69, 9.17) is 4.42 Å².